The number of allylic oxidation sites excluding steroid dienone is 3. The van der Waals surface area contributed by atoms with E-state index in [0.29, 0.717) is 21.4 Å². The molecule has 1 aromatic rings. The predicted octanol–water partition coefficient (Wildman–Crippen LogP) is 5.34. The van der Waals surface area contributed by atoms with Crippen LogP contribution in [0.25, 0.3) is 5.70 Å². The predicted molar refractivity (Wildman–Crippen MR) is 84.8 cm³/mol. The second-order valence-electron chi connectivity index (χ2n) is 4.94. The van der Waals surface area contributed by atoms with Crippen LogP contribution in [0, 0.1) is 0 Å². The molecule has 0 fully saturated rings. The average Bonchev–Trinajstić information content (AvgIpc) is 2.50. The molecule has 24 heavy (non-hydrogen) atoms. The first-order valence-corrected chi connectivity index (χ1v) is 7.59. The van der Waals surface area contributed by atoms with E-state index in [1.54, 1.807) is 12.2 Å². The van der Waals surface area contributed by atoms with E-state index >= 15 is 0 Å². The molecule has 0 bridgehead atoms. The Labute approximate surface area is 144 Å². The minimum atomic E-state index is -4.42. The first-order valence-electron chi connectivity index (χ1n) is 6.80. The van der Waals surface area contributed by atoms with Crippen LogP contribution < -0.4 is 4.74 Å². The highest BCUT2D eigenvalue weighted by Crippen LogP contribution is 2.34. The third kappa shape index (κ3) is 4.83. The Balaban J connectivity index is 2.21. The number of hydrogen-bond acceptors (Lipinski definition) is 2. The normalized spacial score (nSPS) is 15.5. The van der Waals surface area contributed by atoms with Crippen LogP contribution in [0.3, 0.4) is 0 Å². The van der Waals surface area contributed by atoms with Gasteiger partial charge in [0.05, 0.1) is 6.54 Å². The van der Waals surface area contributed by atoms with Gasteiger partial charge < -0.3 is 9.64 Å². The average molecular weight is 410 g/mol. The van der Waals surface area contributed by atoms with Crippen molar-refractivity contribution in [3.8, 4) is 5.75 Å². The molecule has 2 rings (SSSR count). The van der Waals surface area contributed by atoms with Crippen molar-refractivity contribution >= 4 is 21.6 Å². The molecule has 8 heteroatoms. The number of rotatable bonds is 5. The summed E-state index contributed by atoms with van der Waals surface area (Å²) in [7, 11) is 0. The maximum absolute atomic E-state index is 12.8. The largest absolute Gasteiger partial charge is 0.484 e. The Morgan fingerprint density at radius 1 is 1.12 bits per heavy atom. The summed E-state index contributed by atoms with van der Waals surface area (Å²) in [5, 5.41) is 0. The molecule has 0 N–H and O–H groups in total. The molecule has 0 saturated carbocycles. The molecule has 0 amide bonds. The Bertz CT molecular complexity index is 664. The van der Waals surface area contributed by atoms with E-state index in [1.165, 1.54) is 29.2 Å². The van der Waals surface area contributed by atoms with Gasteiger partial charge in [-0.3, -0.25) is 0 Å². The summed E-state index contributed by atoms with van der Waals surface area (Å²) in [6.07, 6.45) is -3.69. The molecule has 0 radical (unpaired) electrons. The SMILES string of the molecule is C=C1C(Br)=CC=C(c2ccc(OCC(F)(F)F)cc2)N1CC(F)F. The molecular weight excluding hydrogens is 397 g/mol. The smallest absolute Gasteiger partial charge is 0.422 e. The van der Waals surface area contributed by atoms with Crippen LogP contribution in [0.2, 0.25) is 0 Å². The molecule has 130 valence electrons. The minimum Gasteiger partial charge on any atom is -0.484 e. The molecule has 0 aromatic heterocycles. The number of benzene rings is 1. The van der Waals surface area contributed by atoms with Crippen LogP contribution in [-0.4, -0.2) is 30.7 Å². The minimum absolute atomic E-state index is 0.0449. The van der Waals surface area contributed by atoms with Crippen molar-refractivity contribution < 1.29 is 26.7 Å². The van der Waals surface area contributed by atoms with Gasteiger partial charge in [-0.05, 0) is 57.9 Å². The number of halogens is 6. The third-order valence-corrected chi connectivity index (χ3v) is 3.88. The zero-order valence-corrected chi connectivity index (χ0v) is 13.9. The summed E-state index contributed by atoms with van der Waals surface area (Å²) in [5.41, 5.74) is 1.42. The van der Waals surface area contributed by atoms with Crippen molar-refractivity contribution in [3.63, 3.8) is 0 Å². The lowest BCUT2D eigenvalue weighted by molar-refractivity contribution is -0.153. The molecule has 0 unspecified atom stereocenters. The van der Waals surface area contributed by atoms with Crippen LogP contribution in [0.5, 0.6) is 5.75 Å². The van der Waals surface area contributed by atoms with E-state index in [0.717, 1.165) is 0 Å². The molecule has 1 aliphatic heterocycles. The summed E-state index contributed by atoms with van der Waals surface area (Å²) >= 11 is 3.24. The first kappa shape index (κ1) is 18.5. The van der Waals surface area contributed by atoms with Gasteiger partial charge in [-0.1, -0.05) is 6.58 Å². The number of hydrogen-bond donors (Lipinski definition) is 0. The zero-order chi connectivity index (χ0) is 17.9. The number of alkyl halides is 5. The van der Waals surface area contributed by atoms with Gasteiger partial charge in [-0.2, -0.15) is 13.2 Å². The Kier molecular flexibility index (Phi) is 5.69. The van der Waals surface area contributed by atoms with Crippen LogP contribution in [-0.2, 0) is 0 Å². The van der Waals surface area contributed by atoms with Gasteiger partial charge in [0, 0.05) is 15.9 Å². The second-order valence-corrected chi connectivity index (χ2v) is 5.80. The van der Waals surface area contributed by atoms with E-state index in [9.17, 15) is 22.0 Å². The van der Waals surface area contributed by atoms with Gasteiger partial charge in [-0.25, -0.2) is 8.78 Å². The summed E-state index contributed by atoms with van der Waals surface area (Å²) < 4.78 is 67.2. The van der Waals surface area contributed by atoms with E-state index in [1.807, 2.05) is 0 Å². The molecule has 0 atom stereocenters. The maximum atomic E-state index is 12.8. The van der Waals surface area contributed by atoms with Gasteiger partial charge in [0.2, 0.25) is 0 Å². The number of nitrogens with zero attached hydrogens (tertiary/aromatic N) is 1. The van der Waals surface area contributed by atoms with Crippen molar-refractivity contribution in [3.05, 3.63) is 58.7 Å². The van der Waals surface area contributed by atoms with Gasteiger partial charge in [-0.15, -0.1) is 0 Å². The molecule has 0 aliphatic carbocycles. The molecule has 1 aromatic carbocycles. The van der Waals surface area contributed by atoms with E-state index < -0.39 is 25.8 Å². The van der Waals surface area contributed by atoms with Gasteiger partial charge in [0.25, 0.3) is 6.43 Å². The molecule has 1 aliphatic rings. The van der Waals surface area contributed by atoms with Crippen molar-refractivity contribution in [2.75, 3.05) is 13.2 Å². The number of ether oxygens (including phenoxy) is 1. The molecule has 0 spiro atoms. The quantitative estimate of drug-likeness (QED) is 0.608. The second kappa shape index (κ2) is 7.38. The van der Waals surface area contributed by atoms with Gasteiger partial charge in [0.15, 0.2) is 6.61 Å². The summed E-state index contributed by atoms with van der Waals surface area (Å²) in [6.45, 7) is 1.83. The van der Waals surface area contributed by atoms with Crippen LogP contribution in [0.4, 0.5) is 22.0 Å². The monoisotopic (exact) mass is 409 g/mol. The van der Waals surface area contributed by atoms with E-state index in [-0.39, 0.29) is 5.75 Å². The summed E-state index contributed by atoms with van der Waals surface area (Å²) in [5.74, 6) is 0.0449. The van der Waals surface area contributed by atoms with E-state index in [2.05, 4.69) is 27.2 Å². The fourth-order valence-electron chi connectivity index (χ4n) is 2.10. The van der Waals surface area contributed by atoms with Crippen LogP contribution in [0.15, 0.2) is 53.2 Å². The van der Waals surface area contributed by atoms with Crippen LogP contribution in [0.1, 0.15) is 5.56 Å². The highest BCUT2D eigenvalue weighted by Gasteiger charge is 2.28. The molecule has 2 nitrogen and oxygen atoms in total. The third-order valence-electron chi connectivity index (χ3n) is 3.15. The standard InChI is InChI=1S/C16H13BrF5NO/c1-10-13(17)6-7-14(23(10)8-15(18)19)11-2-4-12(5-3-11)24-9-16(20,21)22/h2-7,15H,1,8-9H2. The Morgan fingerprint density at radius 2 is 1.75 bits per heavy atom. The molecular formula is C16H13BrF5NO. The Hall–Kier alpha value is -1.83. The van der Waals surface area contributed by atoms with E-state index in [4.69, 9.17) is 0 Å². The van der Waals surface area contributed by atoms with Gasteiger partial charge in [0.1, 0.15) is 5.75 Å². The van der Waals surface area contributed by atoms with Gasteiger partial charge >= 0.3 is 6.18 Å². The fraction of sp³-hybridized carbons (Fsp3) is 0.250. The lowest BCUT2D eigenvalue weighted by Crippen LogP contribution is -2.28. The zero-order valence-electron chi connectivity index (χ0n) is 12.3. The van der Waals surface area contributed by atoms with Crippen LogP contribution >= 0.6 is 15.9 Å². The molecule has 1 heterocycles. The van der Waals surface area contributed by atoms with Crippen molar-refractivity contribution in [2.45, 2.75) is 12.6 Å². The highest BCUT2D eigenvalue weighted by molar-refractivity contribution is 9.12. The van der Waals surface area contributed by atoms with Crippen molar-refractivity contribution in [1.82, 2.24) is 4.90 Å². The highest BCUT2D eigenvalue weighted by atomic mass is 79.9. The summed E-state index contributed by atoms with van der Waals surface area (Å²) in [6, 6.07) is 5.74. The lowest BCUT2D eigenvalue weighted by atomic mass is 10.1. The molecule has 0 saturated heterocycles. The topological polar surface area (TPSA) is 12.5 Å². The summed E-state index contributed by atoms with van der Waals surface area (Å²) in [4.78, 5) is 1.35. The maximum Gasteiger partial charge on any atom is 0.422 e. The van der Waals surface area contributed by atoms with Crippen molar-refractivity contribution in [1.29, 1.82) is 0 Å². The lowest BCUT2D eigenvalue weighted by Gasteiger charge is -2.31. The first-order chi connectivity index (χ1) is 11.2. The Morgan fingerprint density at radius 3 is 2.29 bits per heavy atom. The fourth-order valence-corrected chi connectivity index (χ4v) is 2.44. The van der Waals surface area contributed by atoms with Crippen molar-refractivity contribution in [2.24, 2.45) is 0 Å².